The third kappa shape index (κ3) is 6.43. The number of nitrogens with two attached hydrogens (primary N) is 1. The minimum atomic E-state index is -0.408. The van der Waals surface area contributed by atoms with E-state index in [2.05, 4.69) is 17.4 Å². The van der Waals surface area contributed by atoms with Gasteiger partial charge < -0.3 is 11.1 Å². The molecule has 124 valence electrons. The molecule has 0 heterocycles. The van der Waals surface area contributed by atoms with Gasteiger partial charge in [0.15, 0.2) is 0 Å². The van der Waals surface area contributed by atoms with Crippen molar-refractivity contribution in [2.24, 2.45) is 5.73 Å². The Morgan fingerprint density at radius 2 is 1.61 bits per heavy atom. The summed E-state index contributed by atoms with van der Waals surface area (Å²) >= 11 is 0. The summed E-state index contributed by atoms with van der Waals surface area (Å²) in [5.74, 6) is -0.0535. The van der Waals surface area contributed by atoms with Gasteiger partial charge >= 0.3 is 0 Å². The molecule has 4 heteroatoms. The fourth-order valence-corrected chi connectivity index (χ4v) is 2.29. The van der Waals surface area contributed by atoms with Crippen molar-refractivity contribution in [3.8, 4) is 0 Å². The quantitative estimate of drug-likeness (QED) is 0.852. The summed E-state index contributed by atoms with van der Waals surface area (Å²) in [5, 5.41) is 2.91. The van der Waals surface area contributed by atoms with Crippen molar-refractivity contribution in [3.05, 3.63) is 71.3 Å². The first-order valence-electron chi connectivity index (χ1n) is 7.65. The van der Waals surface area contributed by atoms with Gasteiger partial charge in [0.2, 0.25) is 0 Å². The molecule has 2 rings (SSSR count). The molecule has 0 fully saturated rings. The van der Waals surface area contributed by atoms with Crippen LogP contribution in [0.1, 0.15) is 35.3 Å². The van der Waals surface area contributed by atoms with E-state index in [1.807, 2.05) is 56.3 Å². The molecule has 3 nitrogen and oxygen atoms in total. The van der Waals surface area contributed by atoms with Crippen LogP contribution < -0.4 is 11.1 Å². The molecule has 0 saturated carbocycles. The van der Waals surface area contributed by atoms with Crippen LogP contribution in [0.5, 0.6) is 0 Å². The number of carbonyl (C=O) groups is 1. The minimum absolute atomic E-state index is 0. The van der Waals surface area contributed by atoms with Gasteiger partial charge in [-0.25, -0.2) is 0 Å². The van der Waals surface area contributed by atoms with Crippen LogP contribution in [0.4, 0.5) is 0 Å². The lowest BCUT2D eigenvalue weighted by Gasteiger charge is -2.19. The molecular formula is C19H25ClN2O. The Balaban J connectivity index is 0.00000264. The van der Waals surface area contributed by atoms with Gasteiger partial charge in [0, 0.05) is 17.6 Å². The molecule has 0 aromatic heterocycles. The highest BCUT2D eigenvalue weighted by atomic mass is 35.5. The standard InChI is InChI=1S/C19H24N2O.ClH/c1-19(2,20)14-21-18(22)17-11-7-6-10-16(17)13-12-15-8-4-3-5-9-15;/h3-11H,12-14,20H2,1-2H3,(H,21,22);1H. The summed E-state index contributed by atoms with van der Waals surface area (Å²) in [6, 6.07) is 18.1. The van der Waals surface area contributed by atoms with Crippen molar-refractivity contribution in [3.63, 3.8) is 0 Å². The summed E-state index contributed by atoms with van der Waals surface area (Å²) in [7, 11) is 0. The predicted molar refractivity (Wildman–Crippen MR) is 98.1 cm³/mol. The third-order valence-corrected chi connectivity index (χ3v) is 3.49. The molecule has 0 unspecified atom stereocenters. The second kappa shape index (κ2) is 8.70. The molecule has 0 spiro atoms. The number of benzene rings is 2. The van der Waals surface area contributed by atoms with Crippen LogP contribution in [0, 0.1) is 0 Å². The SMILES string of the molecule is CC(C)(N)CNC(=O)c1ccccc1CCc1ccccc1.Cl. The first-order valence-corrected chi connectivity index (χ1v) is 7.65. The number of amides is 1. The van der Waals surface area contributed by atoms with E-state index in [1.54, 1.807) is 0 Å². The highest BCUT2D eigenvalue weighted by molar-refractivity contribution is 5.95. The van der Waals surface area contributed by atoms with Gasteiger partial charge in [-0.2, -0.15) is 0 Å². The van der Waals surface area contributed by atoms with Gasteiger partial charge in [0.05, 0.1) is 0 Å². The Hall–Kier alpha value is -1.84. The summed E-state index contributed by atoms with van der Waals surface area (Å²) in [5.41, 5.74) is 8.60. The molecule has 2 aromatic carbocycles. The average Bonchev–Trinajstić information content (AvgIpc) is 2.51. The van der Waals surface area contributed by atoms with E-state index in [1.165, 1.54) is 5.56 Å². The molecule has 1 amide bonds. The summed E-state index contributed by atoms with van der Waals surface area (Å²) in [6.45, 7) is 4.25. The highest BCUT2D eigenvalue weighted by Crippen LogP contribution is 2.13. The first-order chi connectivity index (χ1) is 10.5. The summed E-state index contributed by atoms with van der Waals surface area (Å²) in [4.78, 5) is 12.4. The van der Waals surface area contributed by atoms with E-state index < -0.39 is 5.54 Å². The molecule has 0 aliphatic carbocycles. The van der Waals surface area contributed by atoms with Gasteiger partial charge in [-0.1, -0.05) is 48.5 Å². The summed E-state index contributed by atoms with van der Waals surface area (Å²) in [6.07, 6.45) is 1.77. The molecule has 3 N–H and O–H groups in total. The highest BCUT2D eigenvalue weighted by Gasteiger charge is 2.15. The van der Waals surface area contributed by atoms with Gasteiger partial charge in [-0.15, -0.1) is 12.4 Å². The number of halogens is 1. The fraction of sp³-hybridized carbons (Fsp3) is 0.316. The normalized spacial score (nSPS) is 10.7. The zero-order chi connectivity index (χ0) is 16.0. The molecule has 0 bridgehead atoms. The molecule has 0 saturated heterocycles. The van der Waals surface area contributed by atoms with E-state index in [9.17, 15) is 4.79 Å². The smallest absolute Gasteiger partial charge is 0.251 e. The maximum absolute atomic E-state index is 12.4. The van der Waals surface area contributed by atoms with Crippen LogP contribution in [0.2, 0.25) is 0 Å². The third-order valence-electron chi connectivity index (χ3n) is 3.49. The van der Waals surface area contributed by atoms with E-state index in [4.69, 9.17) is 5.73 Å². The Labute approximate surface area is 144 Å². The summed E-state index contributed by atoms with van der Waals surface area (Å²) < 4.78 is 0. The van der Waals surface area contributed by atoms with Crippen LogP contribution in [0.25, 0.3) is 0 Å². The molecule has 0 aliphatic heterocycles. The van der Waals surface area contributed by atoms with Crippen LogP contribution in [-0.2, 0) is 12.8 Å². The van der Waals surface area contributed by atoms with Crippen molar-refractivity contribution in [1.29, 1.82) is 0 Å². The number of nitrogens with one attached hydrogen (secondary N) is 1. The largest absolute Gasteiger partial charge is 0.350 e. The van der Waals surface area contributed by atoms with Gasteiger partial charge in [-0.3, -0.25) is 4.79 Å². The zero-order valence-corrected chi connectivity index (χ0v) is 14.5. The second-order valence-corrected chi connectivity index (χ2v) is 6.31. The lowest BCUT2D eigenvalue weighted by atomic mass is 9.99. The van der Waals surface area contributed by atoms with Crippen molar-refractivity contribution < 1.29 is 4.79 Å². The van der Waals surface area contributed by atoms with Gasteiger partial charge in [-0.05, 0) is 43.9 Å². The van der Waals surface area contributed by atoms with Crippen LogP contribution in [0.3, 0.4) is 0 Å². The Morgan fingerprint density at radius 1 is 1.00 bits per heavy atom. The first kappa shape index (κ1) is 19.2. The number of rotatable bonds is 6. The Morgan fingerprint density at radius 3 is 2.26 bits per heavy atom. The number of carbonyl (C=O) groups excluding carboxylic acids is 1. The molecule has 2 aromatic rings. The predicted octanol–water partition coefficient (Wildman–Crippen LogP) is 3.36. The maximum Gasteiger partial charge on any atom is 0.251 e. The zero-order valence-electron chi connectivity index (χ0n) is 13.7. The van der Waals surface area contributed by atoms with E-state index in [-0.39, 0.29) is 18.3 Å². The fourth-order valence-electron chi connectivity index (χ4n) is 2.29. The van der Waals surface area contributed by atoms with Crippen molar-refractivity contribution in [2.45, 2.75) is 32.2 Å². The van der Waals surface area contributed by atoms with E-state index in [0.717, 1.165) is 24.0 Å². The van der Waals surface area contributed by atoms with Crippen LogP contribution in [0.15, 0.2) is 54.6 Å². The van der Waals surface area contributed by atoms with Crippen LogP contribution >= 0.6 is 12.4 Å². The number of hydrogen-bond donors (Lipinski definition) is 2. The van der Waals surface area contributed by atoms with Crippen molar-refractivity contribution in [2.75, 3.05) is 6.54 Å². The monoisotopic (exact) mass is 332 g/mol. The van der Waals surface area contributed by atoms with Crippen molar-refractivity contribution >= 4 is 18.3 Å². The lowest BCUT2D eigenvalue weighted by Crippen LogP contribution is -2.45. The molecule has 0 atom stereocenters. The number of aryl methyl sites for hydroxylation is 2. The van der Waals surface area contributed by atoms with Crippen LogP contribution in [-0.4, -0.2) is 18.0 Å². The Kier molecular flexibility index (Phi) is 7.27. The minimum Gasteiger partial charge on any atom is -0.350 e. The molecule has 0 aliphatic rings. The second-order valence-electron chi connectivity index (χ2n) is 6.31. The van der Waals surface area contributed by atoms with Crippen molar-refractivity contribution in [1.82, 2.24) is 5.32 Å². The Bertz CT molecular complexity index is 621. The number of hydrogen-bond acceptors (Lipinski definition) is 2. The molecular weight excluding hydrogens is 308 g/mol. The average molecular weight is 333 g/mol. The molecule has 0 radical (unpaired) electrons. The van der Waals surface area contributed by atoms with Gasteiger partial charge in [0.25, 0.3) is 5.91 Å². The van der Waals surface area contributed by atoms with E-state index in [0.29, 0.717) is 6.54 Å². The lowest BCUT2D eigenvalue weighted by molar-refractivity contribution is 0.0945. The maximum atomic E-state index is 12.4. The van der Waals surface area contributed by atoms with E-state index >= 15 is 0 Å². The molecule has 23 heavy (non-hydrogen) atoms. The van der Waals surface area contributed by atoms with Gasteiger partial charge in [0.1, 0.15) is 0 Å². The topological polar surface area (TPSA) is 55.1 Å².